The van der Waals surface area contributed by atoms with Crippen molar-refractivity contribution in [3.05, 3.63) is 89.0 Å². The van der Waals surface area contributed by atoms with E-state index in [1.165, 1.54) is 6.33 Å². The zero-order valence-corrected chi connectivity index (χ0v) is 17.2. The van der Waals surface area contributed by atoms with E-state index in [0.29, 0.717) is 29.4 Å². The highest BCUT2D eigenvalue weighted by Gasteiger charge is 2.27. The smallest absolute Gasteiger partial charge is 0.276 e. The highest BCUT2D eigenvalue weighted by Crippen LogP contribution is 2.32. The van der Waals surface area contributed by atoms with E-state index >= 15 is 0 Å². The number of nitriles is 1. The first-order valence-corrected chi connectivity index (χ1v) is 10.3. The highest BCUT2D eigenvalue weighted by atomic mass is 16.2. The van der Waals surface area contributed by atoms with Crippen LogP contribution in [0, 0.1) is 11.3 Å². The maximum atomic E-state index is 12.9. The van der Waals surface area contributed by atoms with Crippen LogP contribution in [-0.2, 0) is 19.4 Å². The lowest BCUT2D eigenvalue weighted by Gasteiger charge is -2.21. The van der Waals surface area contributed by atoms with Gasteiger partial charge in [0, 0.05) is 29.8 Å². The monoisotopic (exact) mass is 424 g/mol. The minimum Gasteiger partial charge on any atom is -0.318 e. The van der Waals surface area contributed by atoms with Gasteiger partial charge in [-0.15, -0.1) is 0 Å². The number of rotatable bonds is 5. The van der Waals surface area contributed by atoms with E-state index < -0.39 is 0 Å². The molecule has 0 bridgehead atoms. The molecule has 0 saturated heterocycles. The summed E-state index contributed by atoms with van der Waals surface area (Å²) in [6, 6.07) is 9.50. The van der Waals surface area contributed by atoms with Crippen LogP contribution in [0.15, 0.2) is 55.4 Å². The molecule has 0 radical (unpaired) electrons. The van der Waals surface area contributed by atoms with Crippen LogP contribution in [0.2, 0.25) is 0 Å². The normalized spacial score (nSPS) is 15.0. The molecule has 158 valence electrons. The molecule has 1 amide bonds. The minimum atomic E-state index is -0.255. The number of anilines is 1. The quantitative estimate of drug-likeness (QED) is 0.507. The second-order valence-corrected chi connectivity index (χ2v) is 7.83. The summed E-state index contributed by atoms with van der Waals surface area (Å²) in [5.41, 5.74) is 5.65. The van der Waals surface area contributed by atoms with E-state index in [1.54, 1.807) is 23.1 Å². The number of aromatic nitrogens is 6. The van der Waals surface area contributed by atoms with Gasteiger partial charge in [-0.25, -0.2) is 9.97 Å². The summed E-state index contributed by atoms with van der Waals surface area (Å²) in [6.07, 6.45) is 11.1. The Morgan fingerprint density at radius 3 is 3.00 bits per heavy atom. The van der Waals surface area contributed by atoms with Crippen molar-refractivity contribution in [1.82, 2.24) is 29.9 Å². The van der Waals surface area contributed by atoms with E-state index in [-0.39, 0.29) is 5.91 Å². The van der Waals surface area contributed by atoms with Crippen LogP contribution in [0.25, 0.3) is 0 Å². The van der Waals surface area contributed by atoms with Crippen molar-refractivity contribution < 1.29 is 4.79 Å². The van der Waals surface area contributed by atoms with E-state index in [9.17, 15) is 4.79 Å². The van der Waals surface area contributed by atoms with Gasteiger partial charge in [-0.3, -0.25) is 14.6 Å². The number of nitrogens with one attached hydrogen (secondary N) is 2. The van der Waals surface area contributed by atoms with Crippen LogP contribution < -0.4 is 5.32 Å². The van der Waals surface area contributed by atoms with Gasteiger partial charge in [-0.2, -0.15) is 15.5 Å². The molecule has 1 unspecified atom stereocenters. The van der Waals surface area contributed by atoms with Gasteiger partial charge < -0.3 is 5.32 Å². The lowest BCUT2D eigenvalue weighted by Crippen LogP contribution is -2.17. The molecule has 1 aliphatic rings. The van der Waals surface area contributed by atoms with Gasteiger partial charge in [0.25, 0.3) is 5.91 Å². The van der Waals surface area contributed by atoms with Gasteiger partial charge in [0.15, 0.2) is 5.69 Å². The number of aromatic amines is 1. The number of H-pyrrole nitrogens is 1. The van der Waals surface area contributed by atoms with Gasteiger partial charge >= 0.3 is 0 Å². The maximum absolute atomic E-state index is 12.9. The fourth-order valence-electron chi connectivity index (χ4n) is 4.13. The first kappa shape index (κ1) is 19.6. The van der Waals surface area contributed by atoms with Crippen molar-refractivity contribution >= 4 is 11.6 Å². The van der Waals surface area contributed by atoms with Crippen LogP contribution in [0.4, 0.5) is 5.69 Å². The van der Waals surface area contributed by atoms with Crippen LogP contribution in [0.5, 0.6) is 0 Å². The van der Waals surface area contributed by atoms with Crippen molar-refractivity contribution in [3.63, 3.8) is 0 Å². The van der Waals surface area contributed by atoms with E-state index in [1.807, 2.05) is 30.6 Å². The summed E-state index contributed by atoms with van der Waals surface area (Å²) in [5.74, 6) is 0.0628. The van der Waals surface area contributed by atoms with Crippen molar-refractivity contribution in [3.8, 4) is 6.07 Å². The van der Waals surface area contributed by atoms with Crippen LogP contribution in [0.1, 0.15) is 50.8 Å². The Hall–Kier alpha value is -4.32. The summed E-state index contributed by atoms with van der Waals surface area (Å²) < 4.78 is 1.72. The Balaban J connectivity index is 1.26. The molecule has 9 nitrogen and oxygen atoms in total. The molecule has 1 aliphatic carbocycles. The molecule has 32 heavy (non-hydrogen) atoms. The van der Waals surface area contributed by atoms with Gasteiger partial charge in [0.05, 0.1) is 30.1 Å². The predicted molar refractivity (Wildman–Crippen MR) is 116 cm³/mol. The lowest BCUT2D eigenvalue weighted by atomic mass is 9.83. The third-order valence-electron chi connectivity index (χ3n) is 5.70. The largest absolute Gasteiger partial charge is 0.318 e. The highest BCUT2D eigenvalue weighted by molar-refractivity contribution is 6.03. The van der Waals surface area contributed by atoms with Crippen LogP contribution in [0.3, 0.4) is 0 Å². The fraction of sp³-hybridized carbons (Fsp3) is 0.217. The fourth-order valence-corrected chi connectivity index (χ4v) is 4.13. The molecule has 0 spiro atoms. The molecule has 3 aromatic heterocycles. The Morgan fingerprint density at radius 2 is 2.16 bits per heavy atom. The number of carbonyl (C=O) groups is 1. The zero-order valence-electron chi connectivity index (χ0n) is 17.2. The van der Waals surface area contributed by atoms with Crippen molar-refractivity contribution in [2.45, 2.75) is 31.7 Å². The second kappa shape index (κ2) is 8.43. The number of hydrogen-bond acceptors (Lipinski definition) is 6. The molecule has 2 N–H and O–H groups in total. The third kappa shape index (κ3) is 3.98. The molecule has 0 fully saturated rings. The summed E-state index contributed by atoms with van der Waals surface area (Å²) in [4.78, 5) is 21.1. The Labute approximate surface area is 184 Å². The average molecular weight is 424 g/mol. The number of benzene rings is 1. The Bertz CT molecular complexity index is 1300. The molecule has 5 rings (SSSR count). The number of carbonyl (C=O) groups excluding carboxylic acids is 1. The average Bonchev–Trinajstić information content (AvgIpc) is 3.46. The zero-order chi connectivity index (χ0) is 21.9. The minimum absolute atomic E-state index is 0.255. The Kier molecular flexibility index (Phi) is 5.17. The lowest BCUT2D eigenvalue weighted by molar-refractivity contribution is 0.102. The molecular formula is C23H20N8O. The molecule has 1 aromatic carbocycles. The SMILES string of the molecule is N#Cc1cccc(Cn2cc(NC(=O)c3n[nH]c4c3CCC(c3cncnc3)C4)cn2)c1. The molecule has 0 saturated carbocycles. The number of nitrogens with zero attached hydrogens (tertiary/aromatic N) is 6. The standard InChI is InChI=1S/C23H20N8O/c24-8-15-2-1-3-16(6-15)12-31-13-19(11-27-31)28-23(32)22-20-5-4-17(7-21(20)29-30-22)18-9-25-14-26-10-18/h1-3,6,9-11,13-14,17H,4-5,7,12H2,(H,28,32)(H,29,30). The molecule has 9 heteroatoms. The summed E-state index contributed by atoms with van der Waals surface area (Å²) >= 11 is 0. The maximum Gasteiger partial charge on any atom is 0.276 e. The van der Waals surface area contributed by atoms with Gasteiger partial charge in [-0.05, 0) is 48.4 Å². The van der Waals surface area contributed by atoms with Gasteiger partial charge in [0.2, 0.25) is 0 Å². The predicted octanol–water partition coefficient (Wildman–Crippen LogP) is 2.84. The van der Waals surface area contributed by atoms with Crippen molar-refractivity contribution in [2.75, 3.05) is 5.32 Å². The topological polar surface area (TPSA) is 125 Å². The first-order chi connectivity index (χ1) is 15.7. The van der Waals surface area contributed by atoms with E-state index in [0.717, 1.165) is 41.6 Å². The summed E-state index contributed by atoms with van der Waals surface area (Å²) in [5, 5.41) is 23.6. The number of amides is 1. The third-order valence-corrected chi connectivity index (χ3v) is 5.70. The van der Waals surface area contributed by atoms with Crippen molar-refractivity contribution in [1.29, 1.82) is 5.26 Å². The van der Waals surface area contributed by atoms with Crippen LogP contribution in [-0.4, -0.2) is 35.9 Å². The second-order valence-electron chi connectivity index (χ2n) is 7.83. The number of fused-ring (bicyclic) bond motifs is 1. The first-order valence-electron chi connectivity index (χ1n) is 10.3. The summed E-state index contributed by atoms with van der Waals surface area (Å²) in [6.45, 7) is 0.508. The molecular weight excluding hydrogens is 404 g/mol. The van der Waals surface area contributed by atoms with E-state index in [4.69, 9.17) is 5.26 Å². The molecule has 3 heterocycles. The van der Waals surface area contributed by atoms with Gasteiger partial charge in [-0.1, -0.05) is 12.1 Å². The number of hydrogen-bond donors (Lipinski definition) is 2. The molecule has 4 aromatic rings. The van der Waals surface area contributed by atoms with E-state index in [2.05, 4.69) is 36.7 Å². The summed E-state index contributed by atoms with van der Waals surface area (Å²) in [7, 11) is 0. The molecule has 0 aliphatic heterocycles. The van der Waals surface area contributed by atoms with Gasteiger partial charge in [0.1, 0.15) is 6.33 Å². The van der Waals surface area contributed by atoms with Crippen LogP contribution >= 0.6 is 0 Å². The Morgan fingerprint density at radius 1 is 1.28 bits per heavy atom. The molecule has 1 atom stereocenters. The van der Waals surface area contributed by atoms with Crippen molar-refractivity contribution in [2.24, 2.45) is 0 Å².